The average molecular weight is 452 g/mol. The number of aryl methyl sites for hydroxylation is 1. The molecule has 4 nitrogen and oxygen atoms in total. The number of nitrogens with zero attached hydrogens (tertiary/aromatic N) is 1. The first-order valence-electron chi connectivity index (χ1n) is 10.2. The van der Waals surface area contributed by atoms with Crippen molar-refractivity contribution in [2.75, 3.05) is 12.4 Å². The molecule has 1 heterocycles. The van der Waals surface area contributed by atoms with Gasteiger partial charge in [-0.1, -0.05) is 25.6 Å². The summed E-state index contributed by atoms with van der Waals surface area (Å²) in [7, 11) is 1.32. The fourth-order valence-electron chi connectivity index (χ4n) is 3.49. The van der Waals surface area contributed by atoms with Gasteiger partial charge in [0.2, 0.25) is 5.91 Å². The summed E-state index contributed by atoms with van der Waals surface area (Å²) in [6, 6.07) is 8.07. The van der Waals surface area contributed by atoms with E-state index in [1.165, 1.54) is 25.3 Å². The van der Waals surface area contributed by atoms with Crippen molar-refractivity contribution in [3.05, 3.63) is 95.6 Å². The summed E-state index contributed by atoms with van der Waals surface area (Å²) in [5.41, 5.74) is 3.31. The number of hydrogen-bond donors (Lipinski definition) is 1. The van der Waals surface area contributed by atoms with Crippen LogP contribution in [0.15, 0.2) is 61.3 Å². The SMILES string of the molecule is C=CC(=O)Nc1cc(-c2cnc(C)c(/C(=C\CC)c3cc(F)cc(F)c3OC)c2)ccc1F. The number of pyridine rings is 1. The fourth-order valence-corrected chi connectivity index (χ4v) is 3.49. The molecule has 0 saturated heterocycles. The highest BCUT2D eigenvalue weighted by molar-refractivity contribution is 5.99. The maximum Gasteiger partial charge on any atom is 0.247 e. The highest BCUT2D eigenvalue weighted by Crippen LogP contribution is 2.37. The smallest absolute Gasteiger partial charge is 0.247 e. The van der Waals surface area contributed by atoms with Gasteiger partial charge in [-0.05, 0) is 54.8 Å². The zero-order valence-electron chi connectivity index (χ0n) is 18.5. The Labute approximate surface area is 190 Å². The lowest BCUT2D eigenvalue weighted by Crippen LogP contribution is -2.09. The summed E-state index contributed by atoms with van der Waals surface area (Å²) in [5, 5.41) is 2.43. The van der Waals surface area contributed by atoms with E-state index < -0.39 is 23.4 Å². The number of benzene rings is 2. The van der Waals surface area contributed by atoms with E-state index in [4.69, 9.17) is 4.74 Å². The highest BCUT2D eigenvalue weighted by Gasteiger charge is 2.19. The summed E-state index contributed by atoms with van der Waals surface area (Å²) in [6.07, 6.45) is 5.09. The standard InChI is InChI=1S/C26H23F3N2O2/c1-5-7-19(21-12-18(27)13-23(29)26(21)33-4)20-10-17(14-30-15(20)3)16-8-9-22(28)24(11-16)31-25(32)6-2/h6-14H,2,5H2,1,3-4H3,(H,31,32)/b19-7+. The van der Waals surface area contributed by atoms with E-state index in [1.807, 2.05) is 13.0 Å². The molecule has 3 rings (SSSR count). The number of ether oxygens (including phenoxy) is 1. The van der Waals surface area contributed by atoms with Gasteiger partial charge in [-0.3, -0.25) is 9.78 Å². The molecule has 1 N–H and O–H groups in total. The van der Waals surface area contributed by atoms with Crippen molar-refractivity contribution in [2.45, 2.75) is 20.3 Å². The van der Waals surface area contributed by atoms with Gasteiger partial charge >= 0.3 is 0 Å². The largest absolute Gasteiger partial charge is 0.493 e. The number of anilines is 1. The second-order valence-electron chi connectivity index (χ2n) is 7.24. The molecule has 0 unspecified atom stereocenters. The van der Waals surface area contributed by atoms with E-state index in [0.29, 0.717) is 34.4 Å². The molecule has 0 aliphatic rings. The zero-order valence-corrected chi connectivity index (χ0v) is 18.5. The van der Waals surface area contributed by atoms with Gasteiger partial charge in [0.05, 0.1) is 12.8 Å². The van der Waals surface area contributed by atoms with Crippen molar-refractivity contribution >= 4 is 17.2 Å². The van der Waals surface area contributed by atoms with Crippen molar-refractivity contribution in [3.8, 4) is 16.9 Å². The molecule has 0 atom stereocenters. The minimum absolute atomic E-state index is 0.00211. The number of halogens is 3. The van der Waals surface area contributed by atoms with Gasteiger partial charge in [-0.15, -0.1) is 0 Å². The molecule has 170 valence electrons. The molecule has 2 aromatic carbocycles. The third-order valence-corrected chi connectivity index (χ3v) is 5.03. The number of carbonyl (C=O) groups excluding carboxylic acids is 1. The molecular weight excluding hydrogens is 429 g/mol. The molecule has 3 aromatic rings. The van der Waals surface area contributed by atoms with Crippen LogP contribution in [-0.4, -0.2) is 18.0 Å². The number of methoxy groups -OCH3 is 1. The van der Waals surface area contributed by atoms with Crippen LogP contribution in [0.5, 0.6) is 5.75 Å². The first kappa shape index (κ1) is 23.8. The molecule has 33 heavy (non-hydrogen) atoms. The van der Waals surface area contributed by atoms with Gasteiger partial charge < -0.3 is 10.1 Å². The molecule has 0 aliphatic heterocycles. The van der Waals surface area contributed by atoms with Gasteiger partial charge in [0.15, 0.2) is 11.6 Å². The van der Waals surface area contributed by atoms with Crippen molar-refractivity contribution in [2.24, 2.45) is 0 Å². The van der Waals surface area contributed by atoms with E-state index in [9.17, 15) is 18.0 Å². The van der Waals surface area contributed by atoms with Crippen LogP contribution in [0.4, 0.5) is 18.9 Å². The Kier molecular flexibility index (Phi) is 7.33. The van der Waals surface area contributed by atoms with E-state index in [1.54, 1.807) is 25.3 Å². The maximum atomic E-state index is 14.4. The minimum Gasteiger partial charge on any atom is -0.493 e. The van der Waals surface area contributed by atoms with Gasteiger partial charge in [-0.2, -0.15) is 0 Å². The summed E-state index contributed by atoms with van der Waals surface area (Å²) >= 11 is 0. The van der Waals surface area contributed by atoms with Crippen LogP contribution >= 0.6 is 0 Å². The first-order chi connectivity index (χ1) is 15.8. The molecule has 7 heteroatoms. The Balaban J connectivity index is 2.17. The van der Waals surface area contributed by atoms with Crippen LogP contribution in [0.2, 0.25) is 0 Å². The summed E-state index contributed by atoms with van der Waals surface area (Å²) in [6.45, 7) is 7.05. The molecule has 0 spiro atoms. The van der Waals surface area contributed by atoms with Gasteiger partial charge in [0.1, 0.15) is 11.6 Å². The van der Waals surface area contributed by atoms with E-state index in [-0.39, 0.29) is 17.0 Å². The molecule has 0 fully saturated rings. The molecule has 0 radical (unpaired) electrons. The number of hydrogen-bond acceptors (Lipinski definition) is 3. The predicted octanol–water partition coefficient (Wildman–Crippen LogP) is 6.45. The topological polar surface area (TPSA) is 51.2 Å². The molecule has 0 bridgehead atoms. The van der Waals surface area contributed by atoms with Crippen LogP contribution in [0, 0.1) is 24.4 Å². The lowest BCUT2D eigenvalue weighted by molar-refractivity contribution is -0.111. The van der Waals surface area contributed by atoms with Crippen molar-refractivity contribution in [3.63, 3.8) is 0 Å². The normalized spacial score (nSPS) is 11.3. The number of amides is 1. The molecule has 1 aromatic heterocycles. The van der Waals surface area contributed by atoms with Crippen LogP contribution in [0.3, 0.4) is 0 Å². The second-order valence-corrected chi connectivity index (χ2v) is 7.24. The molecule has 0 aliphatic carbocycles. The molecule has 0 saturated carbocycles. The lowest BCUT2D eigenvalue weighted by atomic mass is 9.92. The zero-order chi connectivity index (χ0) is 24.1. The fraction of sp³-hybridized carbons (Fsp3) is 0.154. The maximum absolute atomic E-state index is 14.4. The van der Waals surface area contributed by atoms with Gasteiger partial charge in [0.25, 0.3) is 0 Å². The number of nitrogens with one attached hydrogen (secondary N) is 1. The Morgan fingerprint density at radius 3 is 2.52 bits per heavy atom. The summed E-state index contributed by atoms with van der Waals surface area (Å²) in [5.74, 6) is -2.74. The Bertz CT molecular complexity index is 1250. The molecular formula is C26H23F3N2O2. The average Bonchev–Trinajstić information content (AvgIpc) is 2.79. The third-order valence-electron chi connectivity index (χ3n) is 5.03. The number of carbonyl (C=O) groups is 1. The van der Waals surface area contributed by atoms with Gasteiger partial charge in [0, 0.05) is 34.6 Å². The van der Waals surface area contributed by atoms with E-state index in [2.05, 4.69) is 16.9 Å². The first-order valence-corrected chi connectivity index (χ1v) is 10.2. The highest BCUT2D eigenvalue weighted by atomic mass is 19.1. The Morgan fingerprint density at radius 2 is 1.85 bits per heavy atom. The van der Waals surface area contributed by atoms with Crippen LogP contribution < -0.4 is 10.1 Å². The van der Waals surface area contributed by atoms with Crippen molar-refractivity contribution in [1.29, 1.82) is 0 Å². The summed E-state index contributed by atoms with van der Waals surface area (Å²) < 4.78 is 47.9. The van der Waals surface area contributed by atoms with Crippen LogP contribution in [0.1, 0.15) is 30.2 Å². The number of aromatic nitrogens is 1. The second kappa shape index (κ2) is 10.2. The number of allylic oxidation sites excluding steroid dienone is 1. The Morgan fingerprint density at radius 1 is 1.09 bits per heavy atom. The van der Waals surface area contributed by atoms with E-state index >= 15 is 0 Å². The predicted molar refractivity (Wildman–Crippen MR) is 123 cm³/mol. The monoisotopic (exact) mass is 452 g/mol. The third kappa shape index (κ3) is 5.14. The van der Waals surface area contributed by atoms with E-state index in [0.717, 1.165) is 12.1 Å². The summed E-state index contributed by atoms with van der Waals surface area (Å²) in [4.78, 5) is 16.1. The van der Waals surface area contributed by atoms with Crippen molar-refractivity contribution in [1.82, 2.24) is 4.98 Å². The minimum atomic E-state index is -0.808. The Hall–Kier alpha value is -3.87. The number of rotatable bonds is 7. The van der Waals surface area contributed by atoms with Gasteiger partial charge in [-0.25, -0.2) is 13.2 Å². The molecule has 1 amide bonds. The lowest BCUT2D eigenvalue weighted by Gasteiger charge is -2.17. The van der Waals surface area contributed by atoms with Crippen molar-refractivity contribution < 1.29 is 22.7 Å². The van der Waals surface area contributed by atoms with Crippen LogP contribution in [0.25, 0.3) is 16.7 Å². The van der Waals surface area contributed by atoms with Crippen LogP contribution in [-0.2, 0) is 4.79 Å². The quantitative estimate of drug-likeness (QED) is 0.419.